The predicted molar refractivity (Wildman–Crippen MR) is 86.6 cm³/mol. The second-order valence-corrected chi connectivity index (χ2v) is 6.48. The van der Waals surface area contributed by atoms with Crippen LogP contribution in [0.5, 0.6) is 11.5 Å². The van der Waals surface area contributed by atoms with E-state index in [1.54, 1.807) is 23.1 Å². The molecule has 2 saturated heterocycles. The van der Waals surface area contributed by atoms with Crippen molar-refractivity contribution in [3.63, 3.8) is 0 Å². The predicted octanol–water partition coefficient (Wildman–Crippen LogP) is 1.74. The van der Waals surface area contributed by atoms with Gasteiger partial charge < -0.3 is 23.8 Å². The minimum atomic E-state index is -0.487. The molecule has 2 fully saturated rings. The average Bonchev–Trinajstić information content (AvgIpc) is 3.29. The van der Waals surface area contributed by atoms with E-state index in [0.717, 1.165) is 0 Å². The molecule has 3 heterocycles. The van der Waals surface area contributed by atoms with E-state index in [2.05, 4.69) is 0 Å². The molecule has 0 unspecified atom stereocenters. The van der Waals surface area contributed by atoms with Gasteiger partial charge in [0.25, 0.3) is 0 Å². The van der Waals surface area contributed by atoms with Crippen LogP contribution in [0.4, 0.5) is 0 Å². The molecule has 1 spiro atoms. The molecule has 0 radical (unpaired) electrons. The molecule has 3 aliphatic heterocycles. The maximum atomic E-state index is 12.4. The van der Waals surface area contributed by atoms with E-state index in [-0.39, 0.29) is 31.3 Å². The average molecular weight is 347 g/mol. The zero-order chi connectivity index (χ0) is 17.3. The lowest BCUT2D eigenvalue weighted by atomic mass is 10.0. The van der Waals surface area contributed by atoms with E-state index in [1.807, 2.05) is 0 Å². The maximum Gasteiger partial charge on any atom is 0.231 e. The van der Waals surface area contributed by atoms with E-state index in [0.29, 0.717) is 56.2 Å². The lowest BCUT2D eigenvalue weighted by molar-refractivity contribution is -0.187. The second kappa shape index (κ2) is 6.65. The van der Waals surface area contributed by atoms with Crippen LogP contribution in [0.25, 0.3) is 0 Å². The summed E-state index contributed by atoms with van der Waals surface area (Å²) in [7, 11) is 0. The molecule has 3 aliphatic rings. The number of piperidine rings is 1. The van der Waals surface area contributed by atoms with Crippen molar-refractivity contribution >= 4 is 11.7 Å². The van der Waals surface area contributed by atoms with Crippen molar-refractivity contribution in [3.05, 3.63) is 23.8 Å². The SMILES string of the molecule is O=C(CCC(=O)N1CCC2(CC1)OCCO2)c1ccc2c(c1)OCO2. The lowest BCUT2D eigenvalue weighted by Gasteiger charge is -2.37. The molecule has 7 nitrogen and oxygen atoms in total. The highest BCUT2D eigenvalue weighted by Crippen LogP contribution is 2.33. The van der Waals surface area contributed by atoms with Gasteiger partial charge in [-0.1, -0.05) is 0 Å². The van der Waals surface area contributed by atoms with Gasteiger partial charge in [0.05, 0.1) is 13.2 Å². The van der Waals surface area contributed by atoms with Gasteiger partial charge >= 0.3 is 0 Å². The first kappa shape index (κ1) is 16.4. The van der Waals surface area contributed by atoms with Gasteiger partial charge in [0, 0.05) is 44.3 Å². The summed E-state index contributed by atoms with van der Waals surface area (Å²) in [6.45, 7) is 2.64. The van der Waals surface area contributed by atoms with Crippen LogP contribution in [0, 0.1) is 0 Å². The van der Waals surface area contributed by atoms with E-state index >= 15 is 0 Å². The largest absolute Gasteiger partial charge is 0.454 e. The lowest BCUT2D eigenvalue weighted by Crippen LogP contribution is -2.47. The number of Topliss-reactive ketones (excluding diaryl/α,β-unsaturated/α-hetero) is 1. The Morgan fingerprint density at radius 3 is 2.48 bits per heavy atom. The number of benzene rings is 1. The number of carbonyl (C=O) groups excluding carboxylic acids is 2. The van der Waals surface area contributed by atoms with E-state index < -0.39 is 5.79 Å². The molecule has 0 aliphatic carbocycles. The Kier molecular flexibility index (Phi) is 4.35. The molecule has 0 N–H and O–H groups in total. The standard InChI is InChI=1S/C18H21NO6/c20-14(13-1-3-15-16(11-13)23-12-22-15)2-4-17(21)19-7-5-18(6-8-19)24-9-10-25-18/h1,3,11H,2,4-10,12H2. The smallest absolute Gasteiger partial charge is 0.231 e. The fraction of sp³-hybridized carbons (Fsp3) is 0.556. The Hall–Kier alpha value is -2.12. The van der Waals surface area contributed by atoms with E-state index in [9.17, 15) is 9.59 Å². The number of rotatable bonds is 4. The molecule has 1 aromatic carbocycles. The summed E-state index contributed by atoms with van der Waals surface area (Å²) in [5.74, 6) is 0.671. The number of hydrogen-bond donors (Lipinski definition) is 0. The van der Waals surface area contributed by atoms with Crippen LogP contribution in [-0.2, 0) is 14.3 Å². The first-order valence-electron chi connectivity index (χ1n) is 8.64. The topological polar surface area (TPSA) is 74.3 Å². The number of amides is 1. The quantitative estimate of drug-likeness (QED) is 0.773. The Morgan fingerprint density at radius 2 is 1.72 bits per heavy atom. The summed E-state index contributed by atoms with van der Waals surface area (Å²) in [4.78, 5) is 26.5. The maximum absolute atomic E-state index is 12.4. The summed E-state index contributed by atoms with van der Waals surface area (Å²) >= 11 is 0. The Balaban J connectivity index is 1.28. The molecule has 0 saturated carbocycles. The van der Waals surface area contributed by atoms with Crippen molar-refractivity contribution in [2.75, 3.05) is 33.1 Å². The molecule has 0 bridgehead atoms. The molecule has 1 aromatic rings. The van der Waals surface area contributed by atoms with Crippen molar-refractivity contribution in [1.82, 2.24) is 4.90 Å². The van der Waals surface area contributed by atoms with Crippen LogP contribution in [-0.4, -0.2) is 55.5 Å². The highest BCUT2D eigenvalue weighted by Gasteiger charge is 2.40. The highest BCUT2D eigenvalue weighted by molar-refractivity contribution is 5.98. The Bertz CT molecular complexity index is 672. The molecular formula is C18H21NO6. The minimum absolute atomic E-state index is 0.00180. The summed E-state index contributed by atoms with van der Waals surface area (Å²) in [6.07, 6.45) is 1.78. The third-order valence-corrected chi connectivity index (χ3v) is 4.95. The number of ketones is 1. The molecule has 1 amide bonds. The monoisotopic (exact) mass is 347 g/mol. The summed E-state index contributed by atoms with van der Waals surface area (Å²) in [6, 6.07) is 5.11. The van der Waals surface area contributed by atoms with Gasteiger partial charge in [0.15, 0.2) is 23.1 Å². The van der Waals surface area contributed by atoms with Crippen molar-refractivity contribution in [1.29, 1.82) is 0 Å². The van der Waals surface area contributed by atoms with Crippen LogP contribution in [0.2, 0.25) is 0 Å². The van der Waals surface area contributed by atoms with Gasteiger partial charge in [-0.05, 0) is 18.2 Å². The zero-order valence-corrected chi connectivity index (χ0v) is 14.0. The van der Waals surface area contributed by atoms with Gasteiger partial charge in [0.1, 0.15) is 0 Å². The number of carbonyl (C=O) groups is 2. The van der Waals surface area contributed by atoms with Crippen LogP contribution in [0.15, 0.2) is 18.2 Å². The molecule has 134 valence electrons. The number of nitrogens with zero attached hydrogens (tertiary/aromatic N) is 1. The van der Waals surface area contributed by atoms with Gasteiger partial charge in [-0.3, -0.25) is 9.59 Å². The third kappa shape index (κ3) is 3.34. The van der Waals surface area contributed by atoms with Crippen molar-refractivity contribution in [2.45, 2.75) is 31.5 Å². The van der Waals surface area contributed by atoms with Crippen molar-refractivity contribution in [2.24, 2.45) is 0 Å². The highest BCUT2D eigenvalue weighted by atomic mass is 16.7. The van der Waals surface area contributed by atoms with Crippen LogP contribution >= 0.6 is 0 Å². The van der Waals surface area contributed by atoms with Gasteiger partial charge in [-0.2, -0.15) is 0 Å². The number of hydrogen-bond acceptors (Lipinski definition) is 6. The Labute approximate surface area is 145 Å². The summed E-state index contributed by atoms with van der Waals surface area (Å²) in [5.41, 5.74) is 0.544. The van der Waals surface area contributed by atoms with Crippen LogP contribution in [0.1, 0.15) is 36.0 Å². The van der Waals surface area contributed by atoms with Crippen LogP contribution < -0.4 is 9.47 Å². The number of ether oxygens (including phenoxy) is 4. The van der Waals surface area contributed by atoms with Gasteiger partial charge in [0.2, 0.25) is 12.7 Å². The second-order valence-electron chi connectivity index (χ2n) is 6.48. The van der Waals surface area contributed by atoms with Crippen molar-refractivity contribution < 1.29 is 28.5 Å². The first-order valence-corrected chi connectivity index (χ1v) is 8.64. The molecule has 25 heavy (non-hydrogen) atoms. The molecule has 0 atom stereocenters. The van der Waals surface area contributed by atoms with E-state index in [4.69, 9.17) is 18.9 Å². The fourth-order valence-corrected chi connectivity index (χ4v) is 3.48. The Morgan fingerprint density at radius 1 is 1.00 bits per heavy atom. The molecular weight excluding hydrogens is 326 g/mol. The van der Waals surface area contributed by atoms with Crippen molar-refractivity contribution in [3.8, 4) is 11.5 Å². The summed E-state index contributed by atoms with van der Waals surface area (Å²) in [5, 5.41) is 0. The molecule has 0 aromatic heterocycles. The minimum Gasteiger partial charge on any atom is -0.454 e. The van der Waals surface area contributed by atoms with Gasteiger partial charge in [-0.25, -0.2) is 0 Å². The normalized spacial score (nSPS) is 20.9. The number of likely N-dealkylation sites (tertiary alicyclic amines) is 1. The first-order chi connectivity index (χ1) is 12.2. The van der Waals surface area contributed by atoms with E-state index in [1.165, 1.54) is 0 Å². The van der Waals surface area contributed by atoms with Gasteiger partial charge in [-0.15, -0.1) is 0 Å². The van der Waals surface area contributed by atoms with Crippen LogP contribution in [0.3, 0.4) is 0 Å². The molecule has 7 heteroatoms. The zero-order valence-electron chi connectivity index (χ0n) is 14.0. The fourth-order valence-electron chi connectivity index (χ4n) is 3.48. The third-order valence-electron chi connectivity index (χ3n) is 4.95. The number of fused-ring (bicyclic) bond motifs is 1. The molecule has 4 rings (SSSR count). The summed E-state index contributed by atoms with van der Waals surface area (Å²) < 4.78 is 21.8.